The van der Waals surface area contributed by atoms with Crippen LogP contribution in [0.2, 0.25) is 0 Å². The lowest BCUT2D eigenvalue weighted by Crippen LogP contribution is -2.14. The zero-order valence-electron chi connectivity index (χ0n) is 9.20. The predicted octanol–water partition coefficient (Wildman–Crippen LogP) is 2.95. The molecular formula is C12H13FN2S. The normalized spacial score (nSPS) is 12.8. The molecule has 0 amide bonds. The summed E-state index contributed by atoms with van der Waals surface area (Å²) in [6.45, 7) is 3.83. The Kier molecular flexibility index (Phi) is 3.03. The summed E-state index contributed by atoms with van der Waals surface area (Å²) in [4.78, 5) is 4.28. The summed E-state index contributed by atoms with van der Waals surface area (Å²) in [7, 11) is 0. The number of hydrogen-bond donors (Lipinski definition) is 1. The molecule has 0 aliphatic rings. The second-order valence-electron chi connectivity index (χ2n) is 3.79. The van der Waals surface area contributed by atoms with Gasteiger partial charge in [-0.1, -0.05) is 17.7 Å². The van der Waals surface area contributed by atoms with Gasteiger partial charge in [0.2, 0.25) is 0 Å². The van der Waals surface area contributed by atoms with Crippen LogP contribution in [0.1, 0.15) is 27.9 Å². The highest BCUT2D eigenvalue weighted by molar-refractivity contribution is 7.09. The number of aryl methyl sites for hydroxylation is 2. The standard InChI is InChI=1S/C12H13FN2S/c1-7-3-4-10(13)9(5-7)12(14)11-6-16-8(2)15-11/h3-6,12H,14H2,1-2H3. The van der Waals surface area contributed by atoms with E-state index in [4.69, 9.17) is 5.73 Å². The van der Waals surface area contributed by atoms with Crippen LogP contribution < -0.4 is 5.73 Å². The lowest BCUT2D eigenvalue weighted by molar-refractivity contribution is 0.597. The first-order chi connectivity index (χ1) is 7.58. The lowest BCUT2D eigenvalue weighted by atomic mass is 10.0. The number of aromatic nitrogens is 1. The Bertz CT molecular complexity index is 507. The topological polar surface area (TPSA) is 38.9 Å². The third-order valence-electron chi connectivity index (χ3n) is 2.44. The Morgan fingerprint density at radius 3 is 2.75 bits per heavy atom. The molecule has 2 aromatic rings. The fourth-order valence-corrected chi connectivity index (χ4v) is 2.23. The Morgan fingerprint density at radius 2 is 2.12 bits per heavy atom. The molecule has 4 heteroatoms. The first kappa shape index (κ1) is 11.2. The minimum absolute atomic E-state index is 0.274. The van der Waals surface area contributed by atoms with Crippen LogP contribution in [-0.4, -0.2) is 4.98 Å². The molecular weight excluding hydrogens is 223 g/mol. The average molecular weight is 236 g/mol. The van der Waals surface area contributed by atoms with Gasteiger partial charge in [-0.15, -0.1) is 11.3 Å². The fraction of sp³-hybridized carbons (Fsp3) is 0.250. The first-order valence-electron chi connectivity index (χ1n) is 5.01. The molecule has 16 heavy (non-hydrogen) atoms. The van der Waals surface area contributed by atoms with E-state index in [1.807, 2.05) is 19.2 Å². The molecule has 0 saturated carbocycles. The van der Waals surface area contributed by atoms with Crippen LogP contribution in [0.25, 0.3) is 0 Å². The molecule has 0 fully saturated rings. The van der Waals surface area contributed by atoms with Gasteiger partial charge in [0.05, 0.1) is 16.7 Å². The maximum absolute atomic E-state index is 13.6. The average Bonchev–Trinajstić information content (AvgIpc) is 2.67. The van der Waals surface area contributed by atoms with Gasteiger partial charge in [-0.3, -0.25) is 0 Å². The second-order valence-corrected chi connectivity index (χ2v) is 4.86. The van der Waals surface area contributed by atoms with Gasteiger partial charge in [-0.25, -0.2) is 9.37 Å². The number of rotatable bonds is 2. The van der Waals surface area contributed by atoms with Crippen LogP contribution in [0.4, 0.5) is 4.39 Å². The van der Waals surface area contributed by atoms with Crippen LogP contribution in [0.3, 0.4) is 0 Å². The van der Waals surface area contributed by atoms with Crippen molar-refractivity contribution < 1.29 is 4.39 Å². The number of halogens is 1. The van der Waals surface area contributed by atoms with E-state index in [0.29, 0.717) is 5.56 Å². The summed E-state index contributed by atoms with van der Waals surface area (Å²) >= 11 is 1.52. The summed E-state index contributed by atoms with van der Waals surface area (Å²) in [5.74, 6) is -0.274. The van der Waals surface area contributed by atoms with Gasteiger partial charge in [0, 0.05) is 10.9 Å². The molecule has 0 bridgehead atoms. The van der Waals surface area contributed by atoms with Crippen LogP contribution in [0, 0.1) is 19.7 Å². The molecule has 84 valence electrons. The smallest absolute Gasteiger partial charge is 0.128 e. The van der Waals surface area contributed by atoms with Crippen molar-refractivity contribution in [1.82, 2.24) is 4.98 Å². The fourth-order valence-electron chi connectivity index (χ4n) is 1.58. The third-order valence-corrected chi connectivity index (χ3v) is 3.23. The van der Waals surface area contributed by atoms with E-state index >= 15 is 0 Å². The molecule has 0 radical (unpaired) electrons. The predicted molar refractivity (Wildman–Crippen MR) is 64.0 cm³/mol. The Hall–Kier alpha value is -1.26. The van der Waals surface area contributed by atoms with Gasteiger partial charge in [0.15, 0.2) is 0 Å². The van der Waals surface area contributed by atoms with Gasteiger partial charge in [-0.05, 0) is 19.9 Å². The number of thiazole rings is 1. The molecule has 0 saturated heterocycles. The van der Waals surface area contributed by atoms with E-state index in [1.165, 1.54) is 17.4 Å². The van der Waals surface area contributed by atoms with E-state index in [1.54, 1.807) is 12.1 Å². The molecule has 1 aromatic carbocycles. The van der Waals surface area contributed by atoms with Crippen LogP contribution >= 0.6 is 11.3 Å². The number of nitrogens with two attached hydrogens (primary N) is 1. The summed E-state index contributed by atoms with van der Waals surface area (Å²) < 4.78 is 13.6. The van der Waals surface area contributed by atoms with Gasteiger partial charge in [0.1, 0.15) is 5.82 Å². The molecule has 2 N–H and O–H groups in total. The molecule has 1 aromatic heterocycles. The molecule has 2 nitrogen and oxygen atoms in total. The van der Waals surface area contributed by atoms with E-state index in [9.17, 15) is 4.39 Å². The molecule has 1 heterocycles. The highest BCUT2D eigenvalue weighted by Gasteiger charge is 2.15. The Labute approximate surface area is 97.9 Å². The highest BCUT2D eigenvalue weighted by atomic mass is 32.1. The van der Waals surface area contributed by atoms with Gasteiger partial charge in [0.25, 0.3) is 0 Å². The summed E-state index contributed by atoms with van der Waals surface area (Å²) in [6, 6.07) is 4.47. The van der Waals surface area contributed by atoms with Crippen molar-refractivity contribution in [2.45, 2.75) is 19.9 Å². The molecule has 1 atom stereocenters. The number of hydrogen-bond acceptors (Lipinski definition) is 3. The van der Waals surface area contributed by atoms with Gasteiger partial charge < -0.3 is 5.73 Å². The van der Waals surface area contributed by atoms with Crippen molar-refractivity contribution in [3.8, 4) is 0 Å². The minimum Gasteiger partial charge on any atom is -0.319 e. The third kappa shape index (κ3) is 2.13. The largest absolute Gasteiger partial charge is 0.319 e. The van der Waals surface area contributed by atoms with Gasteiger partial charge >= 0.3 is 0 Å². The maximum atomic E-state index is 13.6. The van der Waals surface area contributed by atoms with Crippen molar-refractivity contribution in [3.63, 3.8) is 0 Å². The Balaban J connectivity index is 2.40. The van der Waals surface area contributed by atoms with Crippen LogP contribution in [0.5, 0.6) is 0 Å². The molecule has 1 unspecified atom stereocenters. The zero-order chi connectivity index (χ0) is 11.7. The summed E-state index contributed by atoms with van der Waals surface area (Å²) in [5.41, 5.74) is 8.24. The van der Waals surface area contributed by atoms with E-state index in [0.717, 1.165) is 16.3 Å². The summed E-state index contributed by atoms with van der Waals surface area (Å²) in [6.07, 6.45) is 0. The van der Waals surface area contributed by atoms with E-state index in [2.05, 4.69) is 4.98 Å². The van der Waals surface area contributed by atoms with Crippen LogP contribution in [-0.2, 0) is 0 Å². The zero-order valence-corrected chi connectivity index (χ0v) is 10.0. The molecule has 2 rings (SSSR count). The number of benzene rings is 1. The van der Waals surface area contributed by atoms with Crippen molar-refractivity contribution in [2.75, 3.05) is 0 Å². The SMILES string of the molecule is Cc1ccc(F)c(C(N)c2csc(C)n2)c1. The summed E-state index contributed by atoms with van der Waals surface area (Å²) in [5, 5.41) is 2.82. The van der Waals surface area contributed by atoms with Crippen molar-refractivity contribution in [3.05, 3.63) is 51.2 Å². The monoisotopic (exact) mass is 236 g/mol. The minimum atomic E-state index is -0.482. The van der Waals surface area contributed by atoms with Crippen LogP contribution in [0.15, 0.2) is 23.6 Å². The van der Waals surface area contributed by atoms with Gasteiger partial charge in [-0.2, -0.15) is 0 Å². The maximum Gasteiger partial charge on any atom is 0.128 e. The molecule has 0 aliphatic carbocycles. The van der Waals surface area contributed by atoms with Crippen molar-refractivity contribution in [1.29, 1.82) is 0 Å². The molecule has 0 spiro atoms. The molecule has 0 aliphatic heterocycles. The lowest BCUT2D eigenvalue weighted by Gasteiger charge is -2.11. The number of nitrogens with zero attached hydrogens (tertiary/aromatic N) is 1. The quantitative estimate of drug-likeness (QED) is 0.870. The van der Waals surface area contributed by atoms with Crippen molar-refractivity contribution >= 4 is 11.3 Å². The first-order valence-corrected chi connectivity index (χ1v) is 5.89. The van der Waals surface area contributed by atoms with E-state index < -0.39 is 6.04 Å². The second kappa shape index (κ2) is 4.31. The van der Waals surface area contributed by atoms with Crippen molar-refractivity contribution in [2.24, 2.45) is 5.73 Å². The Morgan fingerprint density at radius 1 is 1.38 bits per heavy atom. The van der Waals surface area contributed by atoms with E-state index in [-0.39, 0.29) is 5.82 Å². The highest BCUT2D eigenvalue weighted by Crippen LogP contribution is 2.24.